The molecular weight excluding hydrogens is 452 g/mol. The van der Waals surface area contributed by atoms with Crippen molar-refractivity contribution in [1.82, 2.24) is 9.80 Å². The Hall–Kier alpha value is -3.11. The first-order chi connectivity index (χ1) is 16.2. The first kappa shape index (κ1) is 24.0. The van der Waals surface area contributed by atoms with Crippen molar-refractivity contribution in [2.24, 2.45) is 11.7 Å². The van der Waals surface area contributed by atoms with Gasteiger partial charge >= 0.3 is 12.7 Å². The van der Waals surface area contributed by atoms with Crippen molar-refractivity contribution in [3.8, 4) is 11.5 Å². The fourth-order valence-electron chi connectivity index (χ4n) is 4.64. The molecule has 0 bridgehead atoms. The van der Waals surface area contributed by atoms with Crippen LogP contribution >= 0.6 is 0 Å². The first-order valence-corrected chi connectivity index (χ1v) is 11.4. The van der Waals surface area contributed by atoms with E-state index in [-0.39, 0.29) is 35.8 Å². The van der Waals surface area contributed by atoms with Gasteiger partial charge in [0.2, 0.25) is 11.8 Å². The van der Waals surface area contributed by atoms with E-state index < -0.39 is 24.9 Å². The van der Waals surface area contributed by atoms with Gasteiger partial charge in [-0.2, -0.15) is 8.78 Å². The summed E-state index contributed by atoms with van der Waals surface area (Å²) in [5.41, 5.74) is 5.86. The summed E-state index contributed by atoms with van der Waals surface area (Å²) >= 11 is 0. The van der Waals surface area contributed by atoms with Gasteiger partial charge in [-0.1, -0.05) is 6.07 Å². The highest BCUT2D eigenvalue weighted by molar-refractivity contribution is 5.88. The van der Waals surface area contributed by atoms with Gasteiger partial charge in [0.25, 0.3) is 0 Å². The Labute approximate surface area is 196 Å². The Kier molecular flexibility index (Phi) is 7.08. The molecule has 0 spiro atoms. The van der Waals surface area contributed by atoms with Crippen LogP contribution in [0.3, 0.4) is 0 Å². The van der Waals surface area contributed by atoms with Gasteiger partial charge < -0.3 is 29.7 Å². The van der Waals surface area contributed by atoms with E-state index in [2.05, 4.69) is 4.74 Å². The Morgan fingerprint density at radius 2 is 1.91 bits per heavy atom. The monoisotopic (exact) mass is 481 g/mol. The van der Waals surface area contributed by atoms with Crippen LogP contribution < -0.4 is 15.2 Å². The van der Waals surface area contributed by atoms with Crippen LogP contribution in [0, 0.1) is 5.92 Å². The predicted octanol–water partition coefficient (Wildman–Crippen LogP) is 2.48. The lowest BCUT2D eigenvalue weighted by molar-refractivity contribution is -0.142. The van der Waals surface area contributed by atoms with Gasteiger partial charge in [-0.15, -0.1) is 0 Å². The molecule has 1 unspecified atom stereocenters. The van der Waals surface area contributed by atoms with Gasteiger partial charge in [0, 0.05) is 32.4 Å². The molecule has 1 aromatic rings. The van der Waals surface area contributed by atoms with Gasteiger partial charge in [-0.05, 0) is 42.9 Å². The van der Waals surface area contributed by atoms with E-state index in [4.69, 9.17) is 15.2 Å². The molecular formula is C23H29F2N3O6. The third-order valence-corrected chi connectivity index (χ3v) is 6.56. The van der Waals surface area contributed by atoms with Gasteiger partial charge in [-0.25, -0.2) is 4.79 Å². The molecule has 3 amide bonds. The number of alkyl halides is 2. The van der Waals surface area contributed by atoms with Crippen molar-refractivity contribution in [1.29, 1.82) is 0 Å². The molecule has 11 heteroatoms. The highest BCUT2D eigenvalue weighted by Crippen LogP contribution is 2.39. The molecule has 1 saturated carbocycles. The number of nitrogens with zero attached hydrogens (tertiary/aromatic N) is 2. The molecule has 2 heterocycles. The topological polar surface area (TPSA) is 111 Å². The predicted molar refractivity (Wildman–Crippen MR) is 115 cm³/mol. The molecule has 0 aromatic heterocycles. The molecule has 3 aliphatic rings. The summed E-state index contributed by atoms with van der Waals surface area (Å²) in [6, 6.07) is 4.12. The second-order valence-electron chi connectivity index (χ2n) is 9.09. The van der Waals surface area contributed by atoms with E-state index in [0.29, 0.717) is 38.5 Å². The molecule has 1 aromatic carbocycles. The minimum Gasteiger partial charge on any atom is -0.489 e. The summed E-state index contributed by atoms with van der Waals surface area (Å²) in [5, 5.41) is 0. The number of nitrogens with two attached hydrogens (primary N) is 1. The number of halogens is 2. The second-order valence-corrected chi connectivity index (χ2v) is 9.09. The van der Waals surface area contributed by atoms with Crippen LogP contribution in [0.2, 0.25) is 0 Å². The molecule has 3 fully saturated rings. The van der Waals surface area contributed by atoms with E-state index in [0.717, 1.165) is 18.4 Å². The summed E-state index contributed by atoms with van der Waals surface area (Å²) in [4.78, 5) is 39.7. The summed E-state index contributed by atoms with van der Waals surface area (Å²) < 4.78 is 41.1. The van der Waals surface area contributed by atoms with Gasteiger partial charge in [0.15, 0.2) is 11.5 Å². The molecule has 2 aliphatic heterocycles. The number of primary amides is 1. The van der Waals surface area contributed by atoms with Gasteiger partial charge in [0.1, 0.15) is 12.1 Å². The maximum atomic E-state index is 13.2. The highest BCUT2D eigenvalue weighted by atomic mass is 19.3. The largest absolute Gasteiger partial charge is 0.489 e. The smallest absolute Gasteiger partial charge is 0.404 e. The fraction of sp³-hybridized carbons (Fsp3) is 0.609. The summed E-state index contributed by atoms with van der Waals surface area (Å²) in [7, 11) is 0. The van der Waals surface area contributed by atoms with E-state index in [9.17, 15) is 23.2 Å². The Morgan fingerprint density at radius 3 is 2.56 bits per heavy atom. The molecule has 2 saturated heterocycles. The van der Waals surface area contributed by atoms with E-state index in [1.807, 2.05) is 0 Å². The van der Waals surface area contributed by atoms with Crippen LogP contribution in [-0.2, 0) is 14.3 Å². The zero-order chi connectivity index (χ0) is 24.4. The van der Waals surface area contributed by atoms with Crippen LogP contribution in [0.1, 0.15) is 44.1 Å². The molecule has 4 rings (SSSR count). The number of amides is 3. The quantitative estimate of drug-likeness (QED) is 0.611. The zero-order valence-corrected chi connectivity index (χ0v) is 19.0. The number of carbonyl (C=O) groups is 3. The maximum Gasteiger partial charge on any atom is 0.404 e. The average Bonchev–Trinajstić information content (AvgIpc) is 3.30. The lowest BCUT2D eigenvalue weighted by Gasteiger charge is -2.26. The average molecular weight is 481 g/mol. The van der Waals surface area contributed by atoms with Crippen LogP contribution in [0.5, 0.6) is 11.5 Å². The lowest BCUT2D eigenvalue weighted by Crippen LogP contribution is -2.46. The van der Waals surface area contributed by atoms with Crippen molar-refractivity contribution in [2.75, 3.05) is 26.2 Å². The van der Waals surface area contributed by atoms with Crippen molar-refractivity contribution in [2.45, 2.75) is 57.3 Å². The number of rotatable bonds is 8. The normalized spacial score (nSPS) is 24.4. The number of carbonyl (C=O) groups excluding carboxylic acids is 3. The summed E-state index contributed by atoms with van der Waals surface area (Å²) in [5.74, 6) is 0.00406. The van der Waals surface area contributed by atoms with E-state index >= 15 is 0 Å². The molecule has 1 aliphatic carbocycles. The van der Waals surface area contributed by atoms with Crippen molar-refractivity contribution >= 4 is 17.9 Å². The number of ether oxygens (including phenoxy) is 3. The second kappa shape index (κ2) is 10.0. The van der Waals surface area contributed by atoms with Crippen LogP contribution in [-0.4, -0.2) is 72.7 Å². The standard InChI is InChI=1S/C23H29F2N3O6/c1-13(29)28-10-16(8-18(28)21(30)27-7-6-17(11-27)33-23(26)31)15-4-5-19(34-22(24)25)20(9-15)32-12-14-2-3-14/h4-5,9,14,16-18,22H,2-3,6-8,10-12H2,1H3,(H2,26,31)/t16?,17-,18+/m1/s1. The molecule has 2 N–H and O–H groups in total. The minimum absolute atomic E-state index is 0.0361. The molecule has 0 radical (unpaired) electrons. The van der Waals surface area contributed by atoms with E-state index in [1.54, 1.807) is 17.0 Å². The van der Waals surface area contributed by atoms with Crippen LogP contribution in [0.15, 0.2) is 18.2 Å². The molecule has 34 heavy (non-hydrogen) atoms. The Bertz CT molecular complexity index is 941. The zero-order valence-electron chi connectivity index (χ0n) is 19.0. The minimum atomic E-state index is -2.97. The maximum absolute atomic E-state index is 13.2. The van der Waals surface area contributed by atoms with Crippen LogP contribution in [0.4, 0.5) is 13.6 Å². The van der Waals surface area contributed by atoms with Crippen molar-refractivity contribution in [3.05, 3.63) is 23.8 Å². The Morgan fingerprint density at radius 1 is 1.15 bits per heavy atom. The highest BCUT2D eigenvalue weighted by Gasteiger charge is 2.42. The third kappa shape index (κ3) is 5.68. The van der Waals surface area contributed by atoms with Crippen molar-refractivity contribution < 1.29 is 37.4 Å². The van der Waals surface area contributed by atoms with Gasteiger partial charge in [-0.3, -0.25) is 9.59 Å². The molecule has 9 nitrogen and oxygen atoms in total. The SMILES string of the molecule is CC(=O)N1CC(c2ccc(OC(F)F)c(OCC3CC3)c2)C[C@H]1C(=O)N1CC[C@@H](OC(N)=O)C1. The summed E-state index contributed by atoms with van der Waals surface area (Å²) in [6.45, 7) is -0.181. The number of hydrogen-bond donors (Lipinski definition) is 1. The van der Waals surface area contributed by atoms with Crippen LogP contribution in [0.25, 0.3) is 0 Å². The number of benzene rings is 1. The molecule has 3 atom stereocenters. The number of likely N-dealkylation sites (tertiary alicyclic amines) is 2. The Balaban J connectivity index is 1.49. The first-order valence-electron chi connectivity index (χ1n) is 11.4. The lowest BCUT2D eigenvalue weighted by atomic mass is 9.95. The molecule has 186 valence electrons. The van der Waals surface area contributed by atoms with E-state index in [1.165, 1.54) is 17.9 Å². The third-order valence-electron chi connectivity index (χ3n) is 6.56. The van der Waals surface area contributed by atoms with Crippen molar-refractivity contribution in [3.63, 3.8) is 0 Å². The van der Waals surface area contributed by atoms with Gasteiger partial charge in [0.05, 0.1) is 13.2 Å². The fourth-order valence-corrected chi connectivity index (χ4v) is 4.64. The summed E-state index contributed by atoms with van der Waals surface area (Å²) in [6.07, 6.45) is 1.62. The number of hydrogen-bond acceptors (Lipinski definition) is 6.